The third-order valence-corrected chi connectivity index (χ3v) is 4.53. The lowest BCUT2D eigenvalue weighted by atomic mass is 10.4. The average Bonchev–Trinajstić information content (AvgIpc) is 2.52. The first kappa shape index (κ1) is 25.4. The molecule has 0 N–H and O–H groups in total. The van der Waals surface area contributed by atoms with E-state index in [-0.39, 0.29) is 21.6 Å². The quantitative estimate of drug-likeness (QED) is 0.270. The lowest BCUT2D eigenvalue weighted by Gasteiger charge is -2.39. The molecule has 0 aromatic carbocycles. The SMILES string of the molecule is C=C(Cl)COC(OCC(=C)Cl)([PH2]=S)N(CC(=O)OCC)C(=O)C(F)(F)F. The summed E-state index contributed by atoms with van der Waals surface area (Å²) in [5.74, 6) is -3.51. The summed E-state index contributed by atoms with van der Waals surface area (Å²) < 4.78 is 54.2. The minimum absolute atomic E-state index is 0.0208. The summed E-state index contributed by atoms with van der Waals surface area (Å²) in [6.07, 6.45) is -5.33. The van der Waals surface area contributed by atoms with Gasteiger partial charge in [-0.2, -0.15) is 13.2 Å². The first-order valence-corrected chi connectivity index (χ1v) is 10.1. The van der Waals surface area contributed by atoms with Crippen molar-refractivity contribution in [3.63, 3.8) is 0 Å². The molecule has 0 aromatic rings. The van der Waals surface area contributed by atoms with Crippen LogP contribution >= 0.6 is 30.6 Å². The van der Waals surface area contributed by atoms with Gasteiger partial charge >= 0.3 is 18.1 Å². The predicted molar refractivity (Wildman–Crippen MR) is 96.1 cm³/mol. The van der Waals surface area contributed by atoms with Crippen LogP contribution in [0.1, 0.15) is 6.92 Å². The maximum absolute atomic E-state index is 13.0. The number of ether oxygens (including phenoxy) is 3. The molecule has 0 saturated heterocycles. The number of rotatable bonds is 11. The van der Waals surface area contributed by atoms with Crippen LogP contribution in [0.2, 0.25) is 0 Å². The minimum Gasteiger partial charge on any atom is -0.465 e. The second kappa shape index (κ2) is 11.3. The van der Waals surface area contributed by atoms with Crippen LogP contribution in [0.25, 0.3) is 0 Å². The van der Waals surface area contributed by atoms with Crippen LogP contribution in [-0.4, -0.2) is 55.0 Å². The van der Waals surface area contributed by atoms with Crippen LogP contribution in [0.15, 0.2) is 23.2 Å². The highest BCUT2D eigenvalue weighted by Gasteiger charge is 2.52. The number of alkyl halides is 3. The maximum Gasteiger partial charge on any atom is 0.471 e. The Hall–Kier alpha value is -0.640. The van der Waals surface area contributed by atoms with Crippen LogP contribution < -0.4 is 0 Å². The van der Waals surface area contributed by atoms with Gasteiger partial charge < -0.3 is 14.2 Å². The van der Waals surface area contributed by atoms with E-state index in [9.17, 15) is 22.8 Å². The van der Waals surface area contributed by atoms with Gasteiger partial charge in [-0.3, -0.25) is 14.5 Å². The first-order valence-electron chi connectivity index (χ1n) is 6.84. The highest BCUT2D eigenvalue weighted by Crippen LogP contribution is 2.36. The standard InChI is InChI=1S/C13H17Cl2F3NO5PS/c1-4-22-10(20)5-19(11(21)12(16,17)18)13(25-26,23-6-8(2)14)24-7-9(3)15/h2-7,25H2,1H3. The monoisotopic (exact) mass is 457 g/mol. The number of carbonyl (C=O) groups excluding carboxylic acids is 2. The Kier molecular flexibility index (Phi) is 11.0. The second-order valence-corrected chi connectivity index (χ2v) is 7.30. The summed E-state index contributed by atoms with van der Waals surface area (Å²) in [7, 11) is -1.56. The summed E-state index contributed by atoms with van der Waals surface area (Å²) in [6, 6.07) is 0. The third kappa shape index (κ3) is 8.37. The van der Waals surface area contributed by atoms with Crippen LogP contribution in [0, 0.1) is 0 Å². The largest absolute Gasteiger partial charge is 0.471 e. The Labute approximate surface area is 164 Å². The Morgan fingerprint density at radius 1 is 1.15 bits per heavy atom. The van der Waals surface area contributed by atoms with E-state index in [1.54, 1.807) is 0 Å². The van der Waals surface area contributed by atoms with Crippen molar-refractivity contribution >= 4 is 54.2 Å². The summed E-state index contributed by atoms with van der Waals surface area (Å²) in [5.41, 5.74) is -2.40. The van der Waals surface area contributed by atoms with Crippen molar-refractivity contribution in [2.24, 2.45) is 0 Å². The molecule has 6 nitrogen and oxygen atoms in total. The number of carbonyl (C=O) groups is 2. The zero-order valence-electron chi connectivity index (χ0n) is 13.6. The smallest absolute Gasteiger partial charge is 0.465 e. The molecule has 0 radical (unpaired) electrons. The molecule has 0 aromatic heterocycles. The zero-order chi connectivity index (χ0) is 20.5. The lowest BCUT2D eigenvalue weighted by molar-refractivity contribution is -0.260. The number of hydrogen-bond acceptors (Lipinski definition) is 6. The van der Waals surface area contributed by atoms with Gasteiger partial charge in [0, 0.05) is 17.4 Å². The highest BCUT2D eigenvalue weighted by molar-refractivity contribution is 7.96. The fourth-order valence-electron chi connectivity index (χ4n) is 1.50. The van der Waals surface area contributed by atoms with E-state index >= 15 is 0 Å². The topological polar surface area (TPSA) is 65.1 Å². The third-order valence-electron chi connectivity index (χ3n) is 2.48. The van der Waals surface area contributed by atoms with E-state index in [2.05, 4.69) is 17.9 Å². The minimum atomic E-state index is -5.33. The summed E-state index contributed by atoms with van der Waals surface area (Å²) in [4.78, 5) is 23.6. The fourth-order valence-corrected chi connectivity index (χ4v) is 3.04. The van der Waals surface area contributed by atoms with Gasteiger partial charge in [0.2, 0.25) is 0 Å². The maximum atomic E-state index is 13.0. The van der Waals surface area contributed by atoms with E-state index < -0.39 is 50.8 Å². The van der Waals surface area contributed by atoms with E-state index in [1.165, 1.54) is 6.92 Å². The number of halogens is 5. The highest BCUT2D eigenvalue weighted by atomic mass is 35.5. The second-order valence-electron chi connectivity index (χ2n) is 4.55. The number of hydrogen-bond donors (Lipinski definition) is 0. The molecular formula is C13H17Cl2F3NO5PS. The molecule has 0 aliphatic carbocycles. The molecule has 13 heteroatoms. The summed E-state index contributed by atoms with van der Waals surface area (Å²) in [5, 5.41) is -0.192. The molecule has 150 valence electrons. The molecule has 0 bridgehead atoms. The summed E-state index contributed by atoms with van der Waals surface area (Å²) >= 11 is 16.0. The van der Waals surface area contributed by atoms with Crippen molar-refractivity contribution in [1.82, 2.24) is 4.90 Å². The van der Waals surface area contributed by atoms with Gasteiger partial charge in [-0.25, -0.2) is 0 Å². The van der Waals surface area contributed by atoms with E-state index in [4.69, 9.17) is 44.5 Å². The van der Waals surface area contributed by atoms with Crippen LogP contribution in [0.3, 0.4) is 0 Å². The molecule has 0 heterocycles. The number of amides is 1. The Bertz CT molecular complexity index is 558. The molecule has 0 aliphatic rings. The van der Waals surface area contributed by atoms with Gasteiger partial charge in [0.1, 0.15) is 6.54 Å². The van der Waals surface area contributed by atoms with Crippen LogP contribution in [-0.2, 0) is 35.6 Å². The van der Waals surface area contributed by atoms with E-state index in [1.807, 2.05) is 0 Å². The molecule has 0 saturated carbocycles. The Morgan fingerprint density at radius 2 is 1.62 bits per heavy atom. The molecule has 0 fully saturated rings. The van der Waals surface area contributed by atoms with Crippen molar-refractivity contribution in [3.8, 4) is 0 Å². The first-order chi connectivity index (χ1) is 11.9. The zero-order valence-corrected chi connectivity index (χ0v) is 17.1. The lowest BCUT2D eigenvalue weighted by Crippen LogP contribution is -2.57. The molecule has 1 atom stereocenters. The van der Waals surface area contributed by atoms with Crippen molar-refractivity contribution < 1.29 is 37.0 Å². The van der Waals surface area contributed by atoms with Gasteiger partial charge in [-0.05, 0) is 6.92 Å². The van der Waals surface area contributed by atoms with E-state index in [0.717, 1.165) is 0 Å². The van der Waals surface area contributed by atoms with Gasteiger partial charge in [0.15, 0.2) is 0 Å². The van der Waals surface area contributed by atoms with Gasteiger partial charge in [0.05, 0.1) is 19.8 Å². The number of nitrogens with zero attached hydrogens (tertiary/aromatic N) is 1. The van der Waals surface area contributed by atoms with Crippen molar-refractivity contribution in [1.29, 1.82) is 0 Å². The molecule has 1 amide bonds. The predicted octanol–water partition coefficient (Wildman–Crippen LogP) is 2.96. The molecule has 26 heavy (non-hydrogen) atoms. The van der Waals surface area contributed by atoms with Gasteiger partial charge in [0.25, 0.3) is 5.65 Å². The molecule has 1 unspecified atom stereocenters. The van der Waals surface area contributed by atoms with Crippen molar-refractivity contribution in [2.45, 2.75) is 18.8 Å². The van der Waals surface area contributed by atoms with Crippen LogP contribution in [0.5, 0.6) is 0 Å². The average molecular weight is 458 g/mol. The van der Waals surface area contributed by atoms with E-state index in [0.29, 0.717) is 0 Å². The van der Waals surface area contributed by atoms with Crippen molar-refractivity contribution in [3.05, 3.63) is 23.2 Å². The van der Waals surface area contributed by atoms with Gasteiger partial charge in [-0.1, -0.05) is 48.2 Å². The van der Waals surface area contributed by atoms with Crippen LogP contribution in [0.4, 0.5) is 13.2 Å². The Balaban J connectivity index is 6.02. The molecule has 0 rings (SSSR count). The molecule has 0 aliphatic heterocycles. The van der Waals surface area contributed by atoms with Crippen molar-refractivity contribution in [2.75, 3.05) is 26.4 Å². The molecule has 0 spiro atoms. The van der Waals surface area contributed by atoms with Gasteiger partial charge in [-0.15, -0.1) is 0 Å². The summed E-state index contributed by atoms with van der Waals surface area (Å²) in [6.45, 7) is 5.89. The Morgan fingerprint density at radius 3 is 1.92 bits per heavy atom. The fraction of sp³-hybridized carbons (Fsp3) is 0.538. The number of esters is 1. The molecular weight excluding hydrogens is 441 g/mol. The normalized spacial score (nSPS) is 12.2.